The van der Waals surface area contributed by atoms with Crippen LogP contribution < -0.4 is 0 Å². The SMILES string of the molecule is CC(=O)/C=C(/C)O.CC(C)(C)c1cc(-c2nccc3c2nc2ccsn23)[c-]c2ccccc12.[Ir]. The maximum Gasteiger partial charge on any atom is 0.155 e. The van der Waals surface area contributed by atoms with E-state index in [1.54, 1.807) is 11.5 Å². The third kappa shape index (κ3) is 5.27. The third-order valence-corrected chi connectivity index (χ3v) is 6.04. The minimum absolute atomic E-state index is 0. The molecule has 0 spiro atoms. The first-order valence-corrected chi connectivity index (χ1v) is 11.5. The summed E-state index contributed by atoms with van der Waals surface area (Å²) in [7, 11) is 0. The molecule has 0 aliphatic rings. The third-order valence-electron chi connectivity index (χ3n) is 5.19. The van der Waals surface area contributed by atoms with Gasteiger partial charge in [0.15, 0.2) is 5.78 Å². The van der Waals surface area contributed by atoms with E-state index in [1.165, 1.54) is 30.9 Å². The standard InChI is InChI=1S/C22H18N3S.C5H8O2.Ir/c1-22(2,3)17-13-15(12-14-6-4-5-7-16(14)17)20-21-18(8-10-23-20)25-19(24-21)9-11-26-25;1-4(6)3-5(2)7;/h4-11,13H,1-3H3;3,6H,1-2H3;/q-1;;/b;4-3-;. The molecule has 1 radical (unpaired) electrons. The van der Waals surface area contributed by atoms with Crippen molar-refractivity contribution in [2.75, 3.05) is 0 Å². The van der Waals surface area contributed by atoms with Crippen LogP contribution >= 0.6 is 11.5 Å². The van der Waals surface area contributed by atoms with Gasteiger partial charge in [-0.05, 0) is 31.4 Å². The van der Waals surface area contributed by atoms with Crippen LogP contribution in [0.4, 0.5) is 0 Å². The predicted octanol–water partition coefficient (Wildman–Crippen LogP) is 6.90. The molecule has 0 saturated heterocycles. The average Bonchev–Trinajstić information content (AvgIpc) is 3.33. The number of aliphatic hydroxyl groups is 1. The van der Waals surface area contributed by atoms with E-state index in [9.17, 15) is 4.79 Å². The van der Waals surface area contributed by atoms with Crippen molar-refractivity contribution in [1.82, 2.24) is 13.8 Å². The van der Waals surface area contributed by atoms with Crippen LogP contribution in [0.5, 0.6) is 0 Å². The Bertz CT molecular complexity index is 1510. The molecule has 0 fully saturated rings. The molecule has 0 bridgehead atoms. The van der Waals surface area contributed by atoms with E-state index in [4.69, 9.17) is 10.1 Å². The zero-order valence-corrected chi connectivity index (χ0v) is 22.9. The van der Waals surface area contributed by atoms with Crippen molar-refractivity contribution in [2.45, 2.75) is 40.0 Å². The van der Waals surface area contributed by atoms with Crippen LogP contribution in [0.1, 0.15) is 40.2 Å². The van der Waals surface area contributed by atoms with E-state index in [0.29, 0.717) is 0 Å². The molecule has 177 valence electrons. The van der Waals surface area contributed by atoms with Gasteiger partial charge in [-0.2, -0.15) is 0 Å². The summed E-state index contributed by atoms with van der Waals surface area (Å²) in [6.45, 7) is 9.60. The molecule has 5 rings (SSSR count). The number of aliphatic hydroxyl groups excluding tert-OH is 1. The summed E-state index contributed by atoms with van der Waals surface area (Å²) in [5, 5.41) is 12.8. The molecule has 0 saturated carbocycles. The topological polar surface area (TPSA) is 67.5 Å². The minimum Gasteiger partial charge on any atom is -0.512 e. The molecule has 0 atom stereocenters. The Morgan fingerprint density at radius 1 is 1.15 bits per heavy atom. The van der Waals surface area contributed by atoms with Crippen LogP contribution in [-0.4, -0.2) is 24.6 Å². The molecule has 34 heavy (non-hydrogen) atoms. The number of carbonyl (C=O) groups is 1. The summed E-state index contributed by atoms with van der Waals surface area (Å²) in [5.41, 5.74) is 6.24. The van der Waals surface area contributed by atoms with Crippen molar-refractivity contribution in [3.05, 3.63) is 77.5 Å². The number of fused-ring (bicyclic) bond motifs is 4. The molecule has 3 heterocycles. The fraction of sp³-hybridized carbons (Fsp3) is 0.222. The molecule has 1 N–H and O–H groups in total. The Balaban J connectivity index is 0.000000357. The fourth-order valence-electron chi connectivity index (χ4n) is 3.84. The van der Waals surface area contributed by atoms with E-state index in [-0.39, 0.29) is 37.1 Å². The Morgan fingerprint density at radius 2 is 1.88 bits per heavy atom. The second-order valence-electron chi connectivity index (χ2n) is 8.99. The van der Waals surface area contributed by atoms with Crippen molar-refractivity contribution in [2.24, 2.45) is 0 Å². The summed E-state index contributed by atoms with van der Waals surface area (Å²) < 4.78 is 2.15. The van der Waals surface area contributed by atoms with Gasteiger partial charge in [0.05, 0.1) is 16.8 Å². The fourth-order valence-corrected chi connectivity index (χ4v) is 4.61. The molecule has 0 aliphatic carbocycles. The number of rotatable bonds is 2. The Kier molecular flexibility index (Phi) is 7.71. The normalized spacial score (nSPS) is 11.9. The zero-order valence-electron chi connectivity index (χ0n) is 19.7. The number of benzene rings is 2. The largest absolute Gasteiger partial charge is 0.512 e. The monoisotopic (exact) mass is 649 g/mol. The van der Waals surface area contributed by atoms with Crippen LogP contribution in [0.2, 0.25) is 0 Å². The Hall–Kier alpha value is -2.86. The van der Waals surface area contributed by atoms with E-state index in [0.717, 1.165) is 33.3 Å². The molecule has 0 amide bonds. The molecule has 2 aromatic carbocycles. The molecular weight excluding hydrogens is 623 g/mol. The zero-order chi connectivity index (χ0) is 23.8. The second-order valence-corrected chi connectivity index (χ2v) is 9.84. The molecule has 7 heteroatoms. The van der Waals surface area contributed by atoms with E-state index in [2.05, 4.69) is 71.3 Å². The summed E-state index contributed by atoms with van der Waals surface area (Å²) in [6, 6.07) is 18.3. The van der Waals surface area contributed by atoms with Gasteiger partial charge in [0.2, 0.25) is 0 Å². The first-order chi connectivity index (χ1) is 15.6. The van der Waals surface area contributed by atoms with Crippen LogP contribution in [-0.2, 0) is 30.3 Å². The summed E-state index contributed by atoms with van der Waals surface area (Å²) in [5.74, 6) is -0.0625. The molecule has 3 aromatic heterocycles. The average molecular weight is 649 g/mol. The van der Waals surface area contributed by atoms with E-state index >= 15 is 0 Å². The second kappa shape index (κ2) is 10.2. The predicted molar refractivity (Wildman–Crippen MR) is 136 cm³/mol. The van der Waals surface area contributed by atoms with E-state index < -0.39 is 0 Å². The number of allylic oxidation sites excluding steroid dienone is 2. The van der Waals surface area contributed by atoms with Crippen LogP contribution in [0, 0.1) is 6.07 Å². The number of imidazole rings is 1. The molecular formula is C27H26IrN3O2S-. The van der Waals surface area contributed by atoms with Crippen molar-refractivity contribution in [3.63, 3.8) is 0 Å². The van der Waals surface area contributed by atoms with Gasteiger partial charge in [-0.1, -0.05) is 61.5 Å². The van der Waals surface area contributed by atoms with Crippen molar-refractivity contribution >= 4 is 44.8 Å². The Morgan fingerprint density at radius 3 is 2.53 bits per heavy atom. The summed E-state index contributed by atoms with van der Waals surface area (Å²) in [4.78, 5) is 19.5. The van der Waals surface area contributed by atoms with Gasteiger partial charge in [0, 0.05) is 43.5 Å². The summed E-state index contributed by atoms with van der Waals surface area (Å²) in [6.07, 6.45) is 3.03. The first kappa shape index (κ1) is 25.8. The number of nitrogens with zero attached hydrogens (tertiary/aromatic N) is 3. The van der Waals surface area contributed by atoms with Gasteiger partial charge >= 0.3 is 0 Å². The quantitative estimate of drug-likeness (QED) is 0.129. The first-order valence-electron chi connectivity index (χ1n) is 10.7. The number of aromatic nitrogens is 3. The number of carbonyl (C=O) groups excluding carboxylic acids is 1. The molecule has 0 aliphatic heterocycles. The van der Waals surface area contributed by atoms with Gasteiger partial charge in [-0.15, -0.1) is 29.1 Å². The van der Waals surface area contributed by atoms with Gasteiger partial charge in [0.25, 0.3) is 0 Å². The van der Waals surface area contributed by atoms with Gasteiger partial charge in [-0.25, -0.2) is 8.77 Å². The number of pyridine rings is 1. The van der Waals surface area contributed by atoms with Crippen LogP contribution in [0.15, 0.2) is 65.9 Å². The van der Waals surface area contributed by atoms with Crippen molar-refractivity contribution in [3.8, 4) is 11.3 Å². The number of ketones is 1. The van der Waals surface area contributed by atoms with Crippen LogP contribution in [0.25, 0.3) is 38.7 Å². The van der Waals surface area contributed by atoms with E-state index in [1.807, 2.05) is 18.3 Å². The number of hydrogen-bond acceptors (Lipinski definition) is 5. The Labute approximate surface area is 216 Å². The number of hydrogen-bond donors (Lipinski definition) is 1. The molecule has 0 unspecified atom stereocenters. The summed E-state index contributed by atoms with van der Waals surface area (Å²) >= 11 is 1.65. The maximum atomic E-state index is 10.0. The van der Waals surface area contributed by atoms with Crippen molar-refractivity contribution < 1.29 is 30.0 Å². The van der Waals surface area contributed by atoms with Gasteiger partial charge in [0.1, 0.15) is 5.65 Å². The minimum atomic E-state index is -0.125. The maximum absolute atomic E-state index is 10.0. The van der Waals surface area contributed by atoms with Gasteiger partial charge < -0.3 is 5.11 Å². The molecule has 5 nitrogen and oxygen atoms in total. The smallest absolute Gasteiger partial charge is 0.155 e. The molecule has 5 aromatic rings. The van der Waals surface area contributed by atoms with Gasteiger partial charge in [-0.3, -0.25) is 9.78 Å². The van der Waals surface area contributed by atoms with Crippen molar-refractivity contribution in [1.29, 1.82) is 0 Å². The van der Waals surface area contributed by atoms with Crippen LogP contribution in [0.3, 0.4) is 0 Å².